The Morgan fingerprint density at radius 1 is 1.24 bits per heavy atom. The van der Waals surface area contributed by atoms with Crippen LogP contribution in [0.2, 0.25) is 0 Å². The number of ether oxygens (including phenoxy) is 1. The topological polar surface area (TPSA) is 81.1 Å². The standard InChI is InChI=1S/C19H16F3N5O2/c20-19(21,22)15-8-13(27-11-23-10-25-27)5-6-16(15)26-18(28)24-9-14-7-12-3-1-2-4-17(12)29-14/h1-6,8,10-11,14H,7,9H2,(H2,24,26,28)/t14-/m0/s1. The fourth-order valence-electron chi connectivity index (χ4n) is 3.10. The van der Waals surface area contributed by atoms with E-state index in [1.54, 1.807) is 0 Å². The molecule has 4 rings (SSSR count). The molecule has 0 radical (unpaired) electrons. The number of hydrogen-bond donors (Lipinski definition) is 2. The number of nitrogens with one attached hydrogen (secondary N) is 2. The van der Waals surface area contributed by atoms with Crippen LogP contribution in [0.15, 0.2) is 55.1 Å². The maximum Gasteiger partial charge on any atom is 0.418 e. The molecule has 2 amide bonds. The first-order chi connectivity index (χ1) is 13.9. The number of benzene rings is 2. The van der Waals surface area contributed by atoms with Gasteiger partial charge in [-0.05, 0) is 29.8 Å². The fraction of sp³-hybridized carbons (Fsp3) is 0.211. The number of carbonyl (C=O) groups is 1. The van der Waals surface area contributed by atoms with Crippen molar-refractivity contribution in [2.75, 3.05) is 11.9 Å². The summed E-state index contributed by atoms with van der Waals surface area (Å²) in [5.41, 5.74) is -0.125. The number of hydrogen-bond acceptors (Lipinski definition) is 4. The van der Waals surface area contributed by atoms with E-state index in [0.29, 0.717) is 6.42 Å². The third kappa shape index (κ3) is 4.15. The average Bonchev–Trinajstić information content (AvgIpc) is 3.35. The smallest absolute Gasteiger partial charge is 0.418 e. The number of rotatable bonds is 4. The lowest BCUT2D eigenvalue weighted by atomic mass is 10.1. The quantitative estimate of drug-likeness (QED) is 0.700. The molecule has 150 valence electrons. The molecule has 10 heteroatoms. The van der Waals surface area contributed by atoms with Crippen molar-refractivity contribution in [1.29, 1.82) is 0 Å². The van der Waals surface area contributed by atoms with Gasteiger partial charge in [-0.3, -0.25) is 0 Å². The molecule has 3 aromatic rings. The van der Waals surface area contributed by atoms with Gasteiger partial charge in [-0.15, -0.1) is 0 Å². The molecule has 0 unspecified atom stereocenters. The predicted octanol–water partition coefficient (Wildman–Crippen LogP) is 3.41. The molecule has 0 bridgehead atoms. The highest BCUT2D eigenvalue weighted by molar-refractivity contribution is 5.90. The van der Waals surface area contributed by atoms with Gasteiger partial charge in [0.2, 0.25) is 0 Å². The molecule has 0 aliphatic carbocycles. The maximum absolute atomic E-state index is 13.5. The fourth-order valence-corrected chi connectivity index (χ4v) is 3.10. The third-order valence-electron chi connectivity index (χ3n) is 4.44. The lowest BCUT2D eigenvalue weighted by Gasteiger charge is -2.17. The molecule has 1 aliphatic heterocycles. The van der Waals surface area contributed by atoms with Crippen molar-refractivity contribution in [3.05, 3.63) is 66.2 Å². The largest absolute Gasteiger partial charge is 0.488 e. The Hall–Kier alpha value is -3.56. The first-order valence-corrected chi connectivity index (χ1v) is 8.76. The van der Waals surface area contributed by atoms with Crippen LogP contribution >= 0.6 is 0 Å². The van der Waals surface area contributed by atoms with Crippen molar-refractivity contribution >= 4 is 11.7 Å². The van der Waals surface area contributed by atoms with E-state index >= 15 is 0 Å². The second-order valence-corrected chi connectivity index (χ2v) is 6.45. The Labute approximate surface area is 163 Å². The van der Waals surface area contributed by atoms with Crippen molar-refractivity contribution in [3.8, 4) is 11.4 Å². The number of carbonyl (C=O) groups excluding carboxylic acids is 1. The number of fused-ring (bicyclic) bond motifs is 1. The van der Waals surface area contributed by atoms with E-state index in [1.807, 2.05) is 24.3 Å². The van der Waals surface area contributed by atoms with Gasteiger partial charge in [-0.2, -0.15) is 18.3 Å². The predicted molar refractivity (Wildman–Crippen MR) is 97.9 cm³/mol. The second-order valence-electron chi connectivity index (χ2n) is 6.45. The molecular weight excluding hydrogens is 387 g/mol. The Balaban J connectivity index is 1.42. The monoisotopic (exact) mass is 403 g/mol. The summed E-state index contributed by atoms with van der Waals surface area (Å²) >= 11 is 0. The molecule has 7 nitrogen and oxygen atoms in total. The molecule has 0 saturated carbocycles. The Morgan fingerprint density at radius 3 is 2.79 bits per heavy atom. The number of urea groups is 1. The van der Waals surface area contributed by atoms with E-state index in [1.165, 1.54) is 29.5 Å². The van der Waals surface area contributed by atoms with Crippen LogP contribution in [0.25, 0.3) is 5.69 Å². The van der Waals surface area contributed by atoms with Crippen molar-refractivity contribution in [3.63, 3.8) is 0 Å². The van der Waals surface area contributed by atoms with E-state index in [0.717, 1.165) is 17.4 Å². The summed E-state index contributed by atoms with van der Waals surface area (Å²) in [5.74, 6) is 0.753. The number of halogens is 3. The molecule has 1 aliphatic rings. The van der Waals surface area contributed by atoms with Crippen molar-refractivity contribution in [2.24, 2.45) is 0 Å². The summed E-state index contributed by atoms with van der Waals surface area (Å²) in [4.78, 5) is 15.9. The lowest BCUT2D eigenvalue weighted by Crippen LogP contribution is -2.37. The van der Waals surface area contributed by atoms with Crippen LogP contribution in [-0.2, 0) is 12.6 Å². The van der Waals surface area contributed by atoms with Crippen LogP contribution in [0, 0.1) is 0 Å². The van der Waals surface area contributed by atoms with E-state index < -0.39 is 17.8 Å². The Morgan fingerprint density at radius 2 is 2.07 bits per heavy atom. The highest BCUT2D eigenvalue weighted by atomic mass is 19.4. The Kier molecular flexibility index (Phi) is 4.83. The van der Waals surface area contributed by atoms with Gasteiger partial charge in [0.1, 0.15) is 24.5 Å². The van der Waals surface area contributed by atoms with E-state index in [-0.39, 0.29) is 24.0 Å². The zero-order valence-corrected chi connectivity index (χ0v) is 15.0. The zero-order chi connectivity index (χ0) is 20.4. The van der Waals surface area contributed by atoms with Gasteiger partial charge in [-0.25, -0.2) is 14.5 Å². The molecule has 0 saturated heterocycles. The third-order valence-corrected chi connectivity index (χ3v) is 4.44. The van der Waals surface area contributed by atoms with Crippen molar-refractivity contribution in [1.82, 2.24) is 20.1 Å². The number of amides is 2. The first kappa shape index (κ1) is 18.8. The number of para-hydroxylation sites is 1. The highest BCUT2D eigenvalue weighted by Crippen LogP contribution is 2.36. The normalized spacial score (nSPS) is 15.5. The van der Waals surface area contributed by atoms with Gasteiger partial charge >= 0.3 is 12.2 Å². The molecule has 0 fully saturated rings. The number of anilines is 1. The van der Waals surface area contributed by atoms with Crippen molar-refractivity contribution in [2.45, 2.75) is 18.7 Å². The van der Waals surface area contributed by atoms with E-state index in [9.17, 15) is 18.0 Å². The van der Waals surface area contributed by atoms with Crippen LogP contribution < -0.4 is 15.4 Å². The number of alkyl halides is 3. The maximum atomic E-state index is 13.5. The van der Waals surface area contributed by atoms with Crippen molar-refractivity contribution < 1.29 is 22.7 Å². The summed E-state index contributed by atoms with van der Waals surface area (Å²) in [7, 11) is 0. The van der Waals surface area contributed by atoms with Crippen LogP contribution in [0.3, 0.4) is 0 Å². The summed E-state index contributed by atoms with van der Waals surface area (Å²) in [6, 6.07) is 10.3. The van der Waals surface area contributed by atoms with Crippen LogP contribution in [-0.4, -0.2) is 33.4 Å². The number of aromatic nitrogens is 3. The minimum Gasteiger partial charge on any atom is -0.488 e. The summed E-state index contributed by atoms with van der Waals surface area (Å²) in [6.07, 6.45) is -1.80. The van der Waals surface area contributed by atoms with Crippen LogP contribution in [0.4, 0.5) is 23.7 Å². The second kappa shape index (κ2) is 7.46. The first-order valence-electron chi connectivity index (χ1n) is 8.76. The molecule has 0 spiro atoms. The average molecular weight is 403 g/mol. The zero-order valence-electron chi connectivity index (χ0n) is 15.0. The molecule has 2 N–H and O–H groups in total. The summed E-state index contributed by atoms with van der Waals surface area (Å²) in [5, 5.41) is 8.64. The highest BCUT2D eigenvalue weighted by Gasteiger charge is 2.34. The van der Waals surface area contributed by atoms with E-state index in [4.69, 9.17) is 4.74 Å². The molecule has 2 heterocycles. The van der Waals surface area contributed by atoms with Gasteiger partial charge < -0.3 is 15.4 Å². The van der Waals surface area contributed by atoms with Gasteiger partial charge in [0.15, 0.2) is 0 Å². The van der Waals surface area contributed by atoms with Gasteiger partial charge in [-0.1, -0.05) is 18.2 Å². The van der Waals surface area contributed by atoms with Gasteiger partial charge in [0.25, 0.3) is 0 Å². The molecule has 2 aromatic carbocycles. The summed E-state index contributed by atoms with van der Waals surface area (Å²) < 4.78 is 47.3. The van der Waals surface area contributed by atoms with Gasteiger partial charge in [0, 0.05) is 6.42 Å². The Bertz CT molecular complexity index is 996. The molecule has 1 aromatic heterocycles. The van der Waals surface area contributed by atoms with Crippen LogP contribution in [0.5, 0.6) is 5.75 Å². The molecule has 1 atom stereocenters. The lowest BCUT2D eigenvalue weighted by molar-refractivity contribution is -0.136. The number of nitrogens with zero attached hydrogens (tertiary/aromatic N) is 3. The minimum atomic E-state index is -4.66. The summed E-state index contributed by atoms with van der Waals surface area (Å²) in [6.45, 7) is 0.166. The van der Waals surface area contributed by atoms with Gasteiger partial charge in [0.05, 0.1) is 23.5 Å². The van der Waals surface area contributed by atoms with Crippen LogP contribution in [0.1, 0.15) is 11.1 Å². The molecular formula is C19H16F3N5O2. The van der Waals surface area contributed by atoms with E-state index in [2.05, 4.69) is 20.7 Å². The molecule has 29 heavy (non-hydrogen) atoms. The minimum absolute atomic E-state index is 0.166. The SMILES string of the molecule is O=C(NC[C@@H]1Cc2ccccc2O1)Nc1ccc(-n2cncn2)cc1C(F)(F)F.